The van der Waals surface area contributed by atoms with Crippen molar-refractivity contribution in [3.63, 3.8) is 0 Å². The maximum atomic E-state index is 14.6. The number of nitrogens with two attached hydrogens (primary N) is 2. The molecule has 7 atom stereocenters. The summed E-state index contributed by atoms with van der Waals surface area (Å²) in [5.41, 5.74) is 19.8. The van der Waals surface area contributed by atoms with Gasteiger partial charge in [0.2, 0.25) is 0 Å². The highest BCUT2D eigenvalue weighted by atomic mass is 19.3. The van der Waals surface area contributed by atoms with Crippen molar-refractivity contribution in [1.29, 1.82) is 5.26 Å². The predicted octanol–water partition coefficient (Wildman–Crippen LogP) is 7.25. The van der Waals surface area contributed by atoms with E-state index < -0.39 is 17.4 Å². The fourth-order valence-electron chi connectivity index (χ4n) is 14.0. The number of nitrogen functional groups attached to an aromatic ring is 2. The molecule has 0 saturated carbocycles. The quantitative estimate of drug-likeness (QED) is 0.0758. The zero-order valence-corrected chi connectivity index (χ0v) is 47.7. The third-order valence-corrected chi connectivity index (χ3v) is 18.3. The van der Waals surface area contributed by atoms with Crippen LogP contribution in [0.2, 0.25) is 0 Å². The van der Waals surface area contributed by atoms with Crippen LogP contribution >= 0.6 is 0 Å². The van der Waals surface area contributed by atoms with Gasteiger partial charge in [-0.2, -0.15) is 5.26 Å². The van der Waals surface area contributed by atoms with Crippen LogP contribution in [0.25, 0.3) is 22.5 Å². The van der Waals surface area contributed by atoms with Gasteiger partial charge in [0.25, 0.3) is 5.92 Å². The molecule has 21 heteroatoms. The zero-order valence-electron chi connectivity index (χ0n) is 47.7. The van der Waals surface area contributed by atoms with Gasteiger partial charge in [0.1, 0.15) is 22.9 Å². The van der Waals surface area contributed by atoms with E-state index in [4.69, 9.17) is 21.5 Å². The maximum absolute atomic E-state index is 14.6. The van der Waals surface area contributed by atoms with E-state index in [2.05, 4.69) is 84.6 Å². The second-order valence-corrected chi connectivity index (χ2v) is 23.6. The van der Waals surface area contributed by atoms with Crippen molar-refractivity contribution < 1.29 is 28.8 Å². The molecule has 0 aliphatic carbocycles. The summed E-state index contributed by atoms with van der Waals surface area (Å²) in [7, 11) is 1.60. The first kappa shape index (κ1) is 57.1. The lowest BCUT2D eigenvalue weighted by Crippen LogP contribution is -2.54. The molecule has 2 aromatic carbocycles. The first-order chi connectivity index (χ1) is 41.2. The Morgan fingerprint density at radius 2 is 1.24 bits per heavy atom. The average Bonchev–Trinajstić information content (AvgIpc) is 3.81. The number of ether oxygens (including phenoxy) is 1. The van der Waals surface area contributed by atoms with Crippen molar-refractivity contribution in [3.05, 3.63) is 108 Å². The second-order valence-electron chi connectivity index (χ2n) is 23.6. The van der Waals surface area contributed by atoms with Crippen molar-refractivity contribution in [3.8, 4) is 63.8 Å². The molecule has 12 rings (SSSR count). The summed E-state index contributed by atoms with van der Waals surface area (Å²) in [5, 5.41) is 61.4. The van der Waals surface area contributed by atoms with Crippen LogP contribution in [0, 0.1) is 40.9 Å². The van der Waals surface area contributed by atoms with Crippen molar-refractivity contribution in [2.75, 3.05) is 104 Å². The molecule has 6 aliphatic rings. The van der Waals surface area contributed by atoms with Gasteiger partial charge in [-0.25, -0.2) is 18.7 Å². The number of nitrogens with zero attached hydrogens (tertiary/aromatic N) is 13. The van der Waals surface area contributed by atoms with Gasteiger partial charge in [0, 0.05) is 136 Å². The number of aromatic nitrogens is 6. The van der Waals surface area contributed by atoms with Crippen LogP contribution in [0.4, 0.5) is 43.2 Å². The SMILES string of the molecule is COCC1(O)CCC(c2cccc(-c3cc(N4CC5CCC(C4)N5c4ccnc(C#CCN5CCC(CC#N)C(F)(F)CC5)c4)c(N)nn3)c2O)N(CC#Cc2cc(N3C4CCC3CN(c3cc(-c5ccccc5O)nnc3N)C4)ccn2)CC1. The summed E-state index contributed by atoms with van der Waals surface area (Å²) < 4.78 is 34.8. The molecule has 0 amide bonds. The molecule has 0 radical (unpaired) electrons. The fourth-order valence-corrected chi connectivity index (χ4v) is 14.0. The van der Waals surface area contributed by atoms with E-state index in [1.165, 1.54) is 0 Å². The number of pyridine rings is 2. The van der Waals surface area contributed by atoms with Crippen LogP contribution in [0.1, 0.15) is 87.2 Å². The van der Waals surface area contributed by atoms with E-state index in [0.29, 0.717) is 110 Å². The van der Waals surface area contributed by atoms with Gasteiger partial charge in [-0.1, -0.05) is 36.1 Å². The number of alkyl halides is 2. The van der Waals surface area contributed by atoms with Gasteiger partial charge in [0.15, 0.2) is 11.6 Å². The number of piperazine rings is 2. The fraction of sp³-hybridized carbons (Fsp3) is 0.453. The highest BCUT2D eigenvalue weighted by molar-refractivity contribution is 5.77. The second kappa shape index (κ2) is 24.3. The number of benzene rings is 2. The van der Waals surface area contributed by atoms with Crippen molar-refractivity contribution in [1.82, 2.24) is 40.2 Å². The summed E-state index contributed by atoms with van der Waals surface area (Å²) in [6, 6.07) is 27.1. The summed E-state index contributed by atoms with van der Waals surface area (Å²) in [5.74, 6) is 10.2. The maximum Gasteiger partial charge on any atom is 0.253 e. The van der Waals surface area contributed by atoms with Gasteiger partial charge >= 0.3 is 0 Å². The molecular weight excluding hydrogens is 1080 g/mol. The summed E-state index contributed by atoms with van der Waals surface area (Å²) >= 11 is 0. The minimum atomic E-state index is -2.86. The average molecular weight is 1150 g/mol. The number of fused-ring (bicyclic) bond motifs is 4. The number of aliphatic hydroxyl groups is 1. The first-order valence-electron chi connectivity index (χ1n) is 29.5. The van der Waals surface area contributed by atoms with Gasteiger partial charge in [0.05, 0.1) is 54.1 Å². The molecule has 7 N–H and O–H groups in total. The Kier molecular flexibility index (Phi) is 16.3. The summed E-state index contributed by atoms with van der Waals surface area (Å²) in [6.07, 6.45) is 8.83. The molecule has 6 saturated heterocycles. The minimum absolute atomic E-state index is 0.0780. The van der Waals surface area contributed by atoms with Crippen LogP contribution < -0.4 is 31.1 Å². The first-order valence-corrected chi connectivity index (χ1v) is 29.5. The Morgan fingerprint density at radius 1 is 0.659 bits per heavy atom. The van der Waals surface area contributed by atoms with Gasteiger partial charge < -0.3 is 51.1 Å². The van der Waals surface area contributed by atoms with E-state index in [1.54, 1.807) is 25.4 Å². The molecule has 440 valence electrons. The lowest BCUT2D eigenvalue weighted by molar-refractivity contribution is -0.0595. The number of methoxy groups -OCH3 is 1. The molecule has 10 heterocycles. The Hall–Kier alpha value is -8.39. The normalized spacial score (nSPS) is 24.8. The van der Waals surface area contributed by atoms with E-state index in [0.717, 1.165) is 61.5 Å². The van der Waals surface area contributed by atoms with Crippen molar-refractivity contribution in [2.24, 2.45) is 5.92 Å². The lowest BCUT2D eigenvalue weighted by Gasteiger charge is -2.43. The number of para-hydroxylation sites is 2. The van der Waals surface area contributed by atoms with Crippen LogP contribution in [-0.4, -0.2) is 164 Å². The molecule has 7 unspecified atom stereocenters. The third-order valence-electron chi connectivity index (χ3n) is 18.3. The molecule has 0 spiro atoms. The molecule has 6 aliphatic heterocycles. The standard InChI is InChI=1S/C64H71F2N15O4/c1-85-41-63(84)22-17-56(77(32-23-63)29-6-8-44-34-46(20-27-71-44)81-47-13-14-48(81)38-78(37-47)57-35-54(72-74-61(57)68)51-9-2-3-12-59(51)82)53-11-4-10-52(60(53)83)55-36-58(62(69)75-73-55)79-39-49-15-16-50(40-79)80(49)45-19-26-70-43(33-45)7-5-28-76-30-21-42(18-25-67)64(65,66)24-31-76/h2-4,9-12,19-20,26-27,33-36,42,47-50,56,82-84H,13-18,21-24,28-32,37-41H2,1H3,(H2,68,74)(H2,69,75). The van der Waals surface area contributed by atoms with Crippen molar-refractivity contribution >= 4 is 34.4 Å². The molecular formula is C64H71F2N15O4. The molecule has 6 fully saturated rings. The van der Waals surface area contributed by atoms with E-state index in [-0.39, 0.29) is 74.1 Å². The van der Waals surface area contributed by atoms with Crippen molar-refractivity contribution in [2.45, 2.75) is 106 Å². The number of likely N-dealkylation sites (tertiary alicyclic amines) is 2. The third kappa shape index (κ3) is 12.0. The predicted molar refractivity (Wildman–Crippen MR) is 322 cm³/mol. The number of nitriles is 1. The summed E-state index contributed by atoms with van der Waals surface area (Å²) in [4.78, 5) is 22.9. The number of phenolic OH excluding ortho intramolecular Hbond substituents is 2. The summed E-state index contributed by atoms with van der Waals surface area (Å²) in [6.45, 7) is 4.91. The Balaban J connectivity index is 0.728. The molecule has 6 aromatic rings. The van der Waals surface area contributed by atoms with E-state index >= 15 is 0 Å². The number of aromatic hydroxyl groups is 2. The van der Waals surface area contributed by atoms with Gasteiger partial charge in [-0.3, -0.25) is 9.80 Å². The minimum Gasteiger partial charge on any atom is -0.507 e. The highest BCUT2D eigenvalue weighted by Gasteiger charge is 2.44. The van der Waals surface area contributed by atoms with E-state index in [9.17, 15) is 24.1 Å². The van der Waals surface area contributed by atoms with E-state index in [1.807, 2.05) is 77.8 Å². The Labute approximate surface area is 494 Å². The van der Waals surface area contributed by atoms with Gasteiger partial charge in [-0.15, -0.1) is 20.4 Å². The van der Waals surface area contributed by atoms with Gasteiger partial charge in [-0.05, 0) is 124 Å². The van der Waals surface area contributed by atoms with Crippen LogP contribution in [0.15, 0.2) is 91.3 Å². The topological polar surface area (TPSA) is 243 Å². The molecule has 85 heavy (non-hydrogen) atoms. The molecule has 4 bridgehead atoms. The number of halogens is 2. The largest absolute Gasteiger partial charge is 0.507 e. The number of rotatable bonds is 12. The van der Waals surface area contributed by atoms with Crippen LogP contribution in [-0.2, 0) is 4.74 Å². The van der Waals surface area contributed by atoms with Crippen LogP contribution in [0.3, 0.4) is 0 Å². The number of phenols is 2. The lowest BCUT2D eigenvalue weighted by atomic mass is 9.91. The molecule has 19 nitrogen and oxygen atoms in total. The monoisotopic (exact) mass is 1150 g/mol. The number of anilines is 6. The Bertz CT molecular complexity index is 3580. The smallest absolute Gasteiger partial charge is 0.253 e. The van der Waals surface area contributed by atoms with Crippen LogP contribution in [0.5, 0.6) is 11.5 Å². The zero-order chi connectivity index (χ0) is 58.8. The number of hydrogen-bond donors (Lipinski definition) is 5. The molecule has 4 aromatic heterocycles. The number of hydrogen-bond acceptors (Lipinski definition) is 19. The highest BCUT2D eigenvalue weighted by Crippen LogP contribution is 2.45. The Morgan fingerprint density at radius 3 is 1.82 bits per heavy atom.